The van der Waals surface area contributed by atoms with Gasteiger partial charge in [-0.2, -0.15) is 0 Å². The summed E-state index contributed by atoms with van der Waals surface area (Å²) in [5, 5.41) is 3.58. The summed E-state index contributed by atoms with van der Waals surface area (Å²) in [6.07, 6.45) is 6.62. The van der Waals surface area contributed by atoms with Gasteiger partial charge < -0.3 is 10.2 Å². The Balaban J connectivity index is 2.54. The molecule has 2 nitrogen and oxygen atoms in total. The summed E-state index contributed by atoms with van der Waals surface area (Å²) in [5.41, 5.74) is 0.537. The van der Waals surface area contributed by atoms with Gasteiger partial charge in [-0.3, -0.25) is 0 Å². The van der Waals surface area contributed by atoms with E-state index in [0.29, 0.717) is 5.41 Å². The first-order valence-electron chi connectivity index (χ1n) is 7.08. The molecule has 0 saturated carbocycles. The van der Waals surface area contributed by atoms with E-state index in [1.54, 1.807) is 0 Å². The van der Waals surface area contributed by atoms with Crippen molar-refractivity contribution in [2.75, 3.05) is 26.7 Å². The second-order valence-electron chi connectivity index (χ2n) is 5.52. The molecule has 1 N–H and O–H groups in total. The number of hydrogen-bond donors (Lipinski definition) is 1. The molecule has 16 heavy (non-hydrogen) atoms. The molecule has 1 atom stereocenters. The molecule has 1 aliphatic rings. The Morgan fingerprint density at radius 1 is 1.25 bits per heavy atom. The van der Waals surface area contributed by atoms with Crippen molar-refractivity contribution in [1.82, 2.24) is 10.2 Å². The van der Waals surface area contributed by atoms with E-state index in [1.165, 1.54) is 51.7 Å². The predicted molar refractivity (Wildman–Crippen MR) is 71.8 cm³/mol. The minimum absolute atomic E-state index is 0.537. The topological polar surface area (TPSA) is 15.3 Å². The van der Waals surface area contributed by atoms with Crippen molar-refractivity contribution in [3.63, 3.8) is 0 Å². The van der Waals surface area contributed by atoms with Gasteiger partial charge in [-0.25, -0.2) is 0 Å². The third-order valence-electron chi connectivity index (χ3n) is 4.46. The standard InChI is InChI=1S/C14H30N2/c1-5-13(6-2)16(4)12-14(7-3)9-8-10-15-11-14/h13,15H,5-12H2,1-4H3. The van der Waals surface area contributed by atoms with Gasteiger partial charge >= 0.3 is 0 Å². The molecule has 1 saturated heterocycles. The number of nitrogens with zero attached hydrogens (tertiary/aromatic N) is 1. The van der Waals surface area contributed by atoms with Crippen molar-refractivity contribution >= 4 is 0 Å². The maximum Gasteiger partial charge on any atom is 0.00872 e. The largest absolute Gasteiger partial charge is 0.316 e. The molecule has 1 aliphatic heterocycles. The van der Waals surface area contributed by atoms with Crippen LogP contribution in [0.15, 0.2) is 0 Å². The fourth-order valence-electron chi connectivity index (χ4n) is 3.15. The number of piperidine rings is 1. The van der Waals surface area contributed by atoms with E-state index in [9.17, 15) is 0 Å². The molecule has 0 aliphatic carbocycles. The van der Waals surface area contributed by atoms with E-state index in [2.05, 4.69) is 38.0 Å². The van der Waals surface area contributed by atoms with Gasteiger partial charge in [0.05, 0.1) is 0 Å². The molecule has 1 unspecified atom stereocenters. The lowest BCUT2D eigenvalue weighted by Crippen LogP contribution is -2.48. The van der Waals surface area contributed by atoms with E-state index in [0.717, 1.165) is 6.04 Å². The van der Waals surface area contributed by atoms with Crippen LogP contribution < -0.4 is 5.32 Å². The van der Waals surface area contributed by atoms with Gasteiger partial charge in [-0.1, -0.05) is 20.8 Å². The van der Waals surface area contributed by atoms with Crippen LogP contribution in [0.2, 0.25) is 0 Å². The Morgan fingerprint density at radius 2 is 1.94 bits per heavy atom. The molecule has 0 spiro atoms. The van der Waals surface area contributed by atoms with Crippen LogP contribution in [0.4, 0.5) is 0 Å². The molecule has 1 fully saturated rings. The van der Waals surface area contributed by atoms with E-state index in [-0.39, 0.29) is 0 Å². The van der Waals surface area contributed by atoms with Gasteiger partial charge in [0.15, 0.2) is 0 Å². The molecule has 1 rings (SSSR count). The summed E-state index contributed by atoms with van der Waals surface area (Å²) in [6, 6.07) is 0.769. The van der Waals surface area contributed by atoms with Crippen LogP contribution in [0.1, 0.15) is 52.9 Å². The van der Waals surface area contributed by atoms with E-state index in [4.69, 9.17) is 0 Å². The molecule has 1 heterocycles. The van der Waals surface area contributed by atoms with Crippen LogP contribution in [-0.4, -0.2) is 37.6 Å². The number of nitrogens with one attached hydrogen (secondary N) is 1. The number of rotatable bonds is 6. The maximum atomic E-state index is 3.58. The average Bonchev–Trinajstić information content (AvgIpc) is 2.32. The highest BCUT2D eigenvalue weighted by atomic mass is 15.1. The summed E-state index contributed by atoms with van der Waals surface area (Å²) in [7, 11) is 2.31. The van der Waals surface area contributed by atoms with Crippen LogP contribution in [-0.2, 0) is 0 Å². The van der Waals surface area contributed by atoms with Crippen LogP contribution in [0.3, 0.4) is 0 Å². The molecule has 0 amide bonds. The van der Waals surface area contributed by atoms with Crippen molar-refractivity contribution in [3.05, 3.63) is 0 Å². The highest BCUT2D eigenvalue weighted by Crippen LogP contribution is 2.31. The van der Waals surface area contributed by atoms with Gasteiger partial charge in [-0.05, 0) is 51.1 Å². The SMILES string of the molecule is CCC(CC)N(C)CC1(CC)CCCNC1. The Labute approximate surface area is 102 Å². The van der Waals surface area contributed by atoms with E-state index < -0.39 is 0 Å². The van der Waals surface area contributed by atoms with E-state index >= 15 is 0 Å². The molecular weight excluding hydrogens is 196 g/mol. The van der Waals surface area contributed by atoms with Crippen molar-refractivity contribution in [3.8, 4) is 0 Å². The van der Waals surface area contributed by atoms with Crippen molar-refractivity contribution < 1.29 is 0 Å². The Kier molecular flexibility index (Phi) is 5.77. The molecule has 0 aromatic heterocycles. The summed E-state index contributed by atoms with van der Waals surface area (Å²) in [4.78, 5) is 2.59. The quantitative estimate of drug-likeness (QED) is 0.749. The fraction of sp³-hybridized carbons (Fsp3) is 1.00. The van der Waals surface area contributed by atoms with Gasteiger partial charge in [-0.15, -0.1) is 0 Å². The molecule has 2 heteroatoms. The summed E-state index contributed by atoms with van der Waals surface area (Å²) >= 11 is 0. The summed E-state index contributed by atoms with van der Waals surface area (Å²) < 4.78 is 0. The van der Waals surface area contributed by atoms with Crippen molar-refractivity contribution in [1.29, 1.82) is 0 Å². The van der Waals surface area contributed by atoms with Crippen LogP contribution in [0.5, 0.6) is 0 Å². The zero-order valence-corrected chi connectivity index (χ0v) is 11.7. The second-order valence-corrected chi connectivity index (χ2v) is 5.52. The molecule has 0 aromatic carbocycles. The summed E-state index contributed by atoms with van der Waals surface area (Å²) in [6.45, 7) is 10.7. The smallest absolute Gasteiger partial charge is 0.00872 e. The van der Waals surface area contributed by atoms with Crippen molar-refractivity contribution in [2.24, 2.45) is 5.41 Å². The lowest BCUT2D eigenvalue weighted by atomic mass is 9.77. The lowest BCUT2D eigenvalue weighted by molar-refractivity contribution is 0.0980. The molecule has 96 valence electrons. The lowest BCUT2D eigenvalue weighted by Gasteiger charge is -2.42. The monoisotopic (exact) mass is 226 g/mol. The molecule has 0 radical (unpaired) electrons. The average molecular weight is 226 g/mol. The third-order valence-corrected chi connectivity index (χ3v) is 4.46. The van der Waals surface area contributed by atoms with E-state index in [1.807, 2.05) is 0 Å². The fourth-order valence-corrected chi connectivity index (χ4v) is 3.15. The first-order valence-corrected chi connectivity index (χ1v) is 7.08. The second kappa shape index (κ2) is 6.61. The number of hydrogen-bond acceptors (Lipinski definition) is 2. The maximum absolute atomic E-state index is 3.58. The Bertz CT molecular complexity index is 181. The van der Waals surface area contributed by atoms with Gasteiger partial charge in [0.25, 0.3) is 0 Å². The first kappa shape index (κ1) is 14.0. The molecule has 0 aromatic rings. The Hall–Kier alpha value is -0.0800. The zero-order valence-electron chi connectivity index (χ0n) is 11.7. The zero-order chi connectivity index (χ0) is 12.0. The van der Waals surface area contributed by atoms with Crippen LogP contribution in [0, 0.1) is 5.41 Å². The van der Waals surface area contributed by atoms with Gasteiger partial charge in [0.1, 0.15) is 0 Å². The highest BCUT2D eigenvalue weighted by Gasteiger charge is 2.32. The predicted octanol–water partition coefficient (Wildman–Crippen LogP) is 2.89. The summed E-state index contributed by atoms with van der Waals surface area (Å²) in [5.74, 6) is 0. The highest BCUT2D eigenvalue weighted by molar-refractivity contribution is 4.87. The van der Waals surface area contributed by atoms with Crippen LogP contribution in [0.25, 0.3) is 0 Å². The molecule has 0 bridgehead atoms. The van der Waals surface area contributed by atoms with Crippen LogP contribution >= 0.6 is 0 Å². The van der Waals surface area contributed by atoms with Gasteiger partial charge in [0, 0.05) is 19.1 Å². The minimum atomic E-state index is 0.537. The minimum Gasteiger partial charge on any atom is -0.316 e. The Morgan fingerprint density at radius 3 is 2.38 bits per heavy atom. The van der Waals surface area contributed by atoms with Crippen molar-refractivity contribution in [2.45, 2.75) is 58.9 Å². The first-order chi connectivity index (χ1) is 7.67. The molecular formula is C14H30N2. The normalized spacial score (nSPS) is 26.6. The van der Waals surface area contributed by atoms with Gasteiger partial charge in [0.2, 0.25) is 0 Å². The third kappa shape index (κ3) is 3.46.